The summed E-state index contributed by atoms with van der Waals surface area (Å²) in [4.78, 5) is 20.1. The van der Waals surface area contributed by atoms with Gasteiger partial charge in [0.1, 0.15) is 17.2 Å². The molecule has 0 amide bonds. The second-order valence-electron chi connectivity index (χ2n) is 10.3. The minimum atomic E-state index is -0.514. The number of nitrogens with zero attached hydrogens (tertiary/aromatic N) is 6. The lowest BCUT2D eigenvalue weighted by Crippen LogP contribution is -2.41. The number of H-pyrrole nitrogens is 1. The van der Waals surface area contributed by atoms with Gasteiger partial charge in [0.25, 0.3) is 0 Å². The molecule has 1 fully saturated rings. The van der Waals surface area contributed by atoms with E-state index in [-0.39, 0.29) is 29.7 Å². The van der Waals surface area contributed by atoms with Crippen LogP contribution in [-0.2, 0) is 6.42 Å². The van der Waals surface area contributed by atoms with Crippen LogP contribution in [0.4, 0.5) is 10.2 Å². The Kier molecular flexibility index (Phi) is 6.76. The maximum atomic E-state index is 16.6. The molecule has 1 aliphatic rings. The Bertz CT molecular complexity index is 1660. The van der Waals surface area contributed by atoms with Gasteiger partial charge in [0, 0.05) is 53.3 Å². The average molecular weight is 546 g/mol. The molecule has 4 heterocycles. The van der Waals surface area contributed by atoms with E-state index in [1.807, 2.05) is 19.1 Å². The number of halogens is 2. The molecule has 0 saturated carbocycles. The predicted octanol–water partition coefficient (Wildman–Crippen LogP) is 6.31. The number of anilines is 1. The third-order valence-electron chi connectivity index (χ3n) is 7.48. The lowest BCUT2D eigenvalue weighted by atomic mass is 9.94. The number of aromatic nitrogens is 6. The minimum Gasteiger partial charge on any atom is -0.463 e. The Balaban J connectivity index is 1.50. The van der Waals surface area contributed by atoms with E-state index in [2.05, 4.69) is 43.9 Å². The third kappa shape index (κ3) is 4.76. The van der Waals surface area contributed by atoms with Crippen LogP contribution in [-0.4, -0.2) is 49.3 Å². The number of rotatable bonds is 6. The van der Waals surface area contributed by atoms with Gasteiger partial charge in [-0.05, 0) is 50.3 Å². The molecule has 200 valence electrons. The van der Waals surface area contributed by atoms with Crippen molar-refractivity contribution in [3.05, 3.63) is 65.1 Å². The number of hydrogen-bond donors (Lipinski definition) is 1. The minimum absolute atomic E-state index is 0.113. The molecule has 39 heavy (non-hydrogen) atoms. The van der Waals surface area contributed by atoms with E-state index in [4.69, 9.17) is 21.3 Å². The fourth-order valence-electron chi connectivity index (χ4n) is 5.39. The number of aromatic amines is 1. The van der Waals surface area contributed by atoms with E-state index in [1.54, 1.807) is 30.7 Å². The van der Waals surface area contributed by atoms with Crippen LogP contribution >= 0.6 is 11.6 Å². The summed E-state index contributed by atoms with van der Waals surface area (Å²) in [6, 6.07) is 7.78. The van der Waals surface area contributed by atoms with Crippen LogP contribution in [0, 0.1) is 18.7 Å². The molecule has 3 aromatic heterocycles. The van der Waals surface area contributed by atoms with E-state index in [9.17, 15) is 0 Å². The van der Waals surface area contributed by atoms with Gasteiger partial charge in [-0.25, -0.2) is 14.4 Å². The SMILES string of the molecule is Cc1ccc2cn[nH]c2c1-c1c(Cl)cc2c(N3C[C@H](C)CC[C@H]3C)nc(OCCc3ncccn3)nc2c1F. The number of benzene rings is 2. The molecular weight excluding hydrogens is 517 g/mol. The van der Waals surface area contributed by atoms with E-state index in [1.165, 1.54) is 0 Å². The molecule has 1 N–H and O–H groups in total. The molecule has 6 rings (SSSR count). The molecule has 0 bridgehead atoms. The first-order valence-electron chi connectivity index (χ1n) is 13.2. The van der Waals surface area contributed by atoms with Crippen LogP contribution in [0.15, 0.2) is 42.9 Å². The highest BCUT2D eigenvalue weighted by Gasteiger charge is 2.29. The van der Waals surface area contributed by atoms with Crippen molar-refractivity contribution in [1.29, 1.82) is 0 Å². The molecule has 5 aromatic rings. The van der Waals surface area contributed by atoms with Gasteiger partial charge >= 0.3 is 6.01 Å². The first-order valence-corrected chi connectivity index (χ1v) is 13.6. The molecule has 1 aliphatic heterocycles. The number of fused-ring (bicyclic) bond motifs is 2. The van der Waals surface area contributed by atoms with Crippen LogP contribution in [0.2, 0.25) is 5.02 Å². The lowest BCUT2D eigenvalue weighted by molar-refractivity contribution is 0.294. The summed E-state index contributed by atoms with van der Waals surface area (Å²) in [5.74, 6) is 1.25. The van der Waals surface area contributed by atoms with Crippen molar-refractivity contribution in [3.8, 4) is 17.1 Å². The normalized spacial score (nSPS) is 17.7. The zero-order valence-electron chi connectivity index (χ0n) is 22.1. The summed E-state index contributed by atoms with van der Waals surface area (Å²) in [6.07, 6.45) is 7.72. The second-order valence-corrected chi connectivity index (χ2v) is 10.7. The number of nitrogens with one attached hydrogen (secondary N) is 1. The van der Waals surface area contributed by atoms with Gasteiger partial charge in [-0.2, -0.15) is 15.1 Å². The lowest BCUT2D eigenvalue weighted by Gasteiger charge is -2.38. The zero-order chi connectivity index (χ0) is 27.1. The Morgan fingerprint density at radius 2 is 1.95 bits per heavy atom. The molecular formula is C29H29ClFN7O. The first-order chi connectivity index (χ1) is 18.9. The quantitative estimate of drug-likeness (QED) is 0.267. The summed E-state index contributed by atoms with van der Waals surface area (Å²) < 4.78 is 22.6. The monoisotopic (exact) mass is 545 g/mol. The highest BCUT2D eigenvalue weighted by Crippen LogP contribution is 2.42. The van der Waals surface area contributed by atoms with Gasteiger partial charge in [-0.1, -0.05) is 30.7 Å². The predicted molar refractivity (Wildman–Crippen MR) is 151 cm³/mol. The van der Waals surface area contributed by atoms with Crippen molar-refractivity contribution in [3.63, 3.8) is 0 Å². The summed E-state index contributed by atoms with van der Waals surface area (Å²) >= 11 is 6.86. The first kappa shape index (κ1) is 25.4. The highest BCUT2D eigenvalue weighted by molar-refractivity contribution is 6.35. The van der Waals surface area contributed by atoms with Gasteiger partial charge < -0.3 is 9.64 Å². The topological polar surface area (TPSA) is 92.7 Å². The summed E-state index contributed by atoms with van der Waals surface area (Å²) in [5, 5.41) is 8.90. The van der Waals surface area contributed by atoms with Crippen molar-refractivity contribution >= 4 is 39.2 Å². The smallest absolute Gasteiger partial charge is 0.319 e. The van der Waals surface area contributed by atoms with E-state index >= 15 is 4.39 Å². The van der Waals surface area contributed by atoms with Crippen molar-refractivity contribution < 1.29 is 9.13 Å². The van der Waals surface area contributed by atoms with Gasteiger partial charge in [0.2, 0.25) is 0 Å². The molecule has 10 heteroatoms. The molecule has 8 nitrogen and oxygen atoms in total. The van der Waals surface area contributed by atoms with Crippen molar-refractivity contribution in [2.75, 3.05) is 18.1 Å². The fourth-order valence-corrected chi connectivity index (χ4v) is 5.68. The summed E-state index contributed by atoms with van der Waals surface area (Å²) in [7, 11) is 0. The maximum Gasteiger partial charge on any atom is 0.319 e. The molecule has 2 aromatic carbocycles. The van der Waals surface area contributed by atoms with Crippen LogP contribution < -0.4 is 9.64 Å². The van der Waals surface area contributed by atoms with Crippen molar-refractivity contribution in [2.24, 2.45) is 5.92 Å². The molecule has 0 spiro atoms. The summed E-state index contributed by atoms with van der Waals surface area (Å²) in [5.41, 5.74) is 2.72. The summed E-state index contributed by atoms with van der Waals surface area (Å²) in [6.45, 7) is 7.38. The van der Waals surface area contributed by atoms with Crippen LogP contribution in [0.3, 0.4) is 0 Å². The van der Waals surface area contributed by atoms with Gasteiger partial charge in [-0.3, -0.25) is 5.10 Å². The molecule has 2 atom stereocenters. The van der Waals surface area contributed by atoms with Crippen molar-refractivity contribution in [1.82, 2.24) is 30.1 Å². The van der Waals surface area contributed by atoms with E-state index < -0.39 is 5.82 Å². The maximum absolute atomic E-state index is 16.6. The van der Waals surface area contributed by atoms with Gasteiger partial charge in [0.05, 0.1) is 23.3 Å². The Morgan fingerprint density at radius 3 is 2.77 bits per heavy atom. The Labute approximate surface area is 230 Å². The number of piperidine rings is 1. The van der Waals surface area contributed by atoms with Crippen LogP contribution in [0.1, 0.15) is 38.1 Å². The number of ether oxygens (including phenoxy) is 1. The van der Waals surface area contributed by atoms with E-state index in [0.29, 0.717) is 40.0 Å². The second kappa shape index (κ2) is 10.4. The van der Waals surface area contributed by atoms with Crippen LogP contribution in [0.5, 0.6) is 6.01 Å². The molecule has 0 unspecified atom stereocenters. The fraction of sp³-hybridized carbons (Fsp3) is 0.345. The third-order valence-corrected chi connectivity index (χ3v) is 7.78. The largest absolute Gasteiger partial charge is 0.463 e. The van der Waals surface area contributed by atoms with Crippen molar-refractivity contribution in [2.45, 2.75) is 46.1 Å². The standard InChI is InChI=1S/C29H29ClFN7O/c1-16-5-7-18(3)38(15-16)28-20-13-21(30)24(23-17(2)6-8-19-14-34-37-26(19)23)25(31)27(20)35-29(36-28)39-12-9-22-32-10-4-11-33-22/h4,6,8,10-11,13-14,16,18H,5,7,9,12,15H2,1-3H3,(H,34,37)/t16-,18-/m1/s1. The molecule has 0 radical (unpaired) electrons. The Morgan fingerprint density at radius 1 is 1.13 bits per heavy atom. The van der Waals surface area contributed by atoms with E-state index in [0.717, 1.165) is 35.9 Å². The number of hydrogen-bond acceptors (Lipinski definition) is 7. The van der Waals surface area contributed by atoms with Gasteiger partial charge in [0.15, 0.2) is 5.82 Å². The zero-order valence-corrected chi connectivity index (χ0v) is 22.8. The Hall–Kier alpha value is -3.85. The average Bonchev–Trinajstić information content (AvgIpc) is 3.41. The van der Waals surface area contributed by atoms with Gasteiger partial charge in [-0.15, -0.1) is 0 Å². The highest BCUT2D eigenvalue weighted by atomic mass is 35.5. The van der Waals surface area contributed by atoms with Crippen LogP contribution in [0.25, 0.3) is 32.9 Å². The number of aryl methyl sites for hydroxylation is 1. The molecule has 0 aliphatic carbocycles. The molecule has 1 saturated heterocycles.